The Morgan fingerprint density at radius 2 is 2.17 bits per heavy atom. The lowest BCUT2D eigenvalue weighted by Gasteiger charge is -2.36. The van der Waals surface area contributed by atoms with Gasteiger partial charge in [0.2, 0.25) is 0 Å². The second kappa shape index (κ2) is 7.94. The van der Waals surface area contributed by atoms with Gasteiger partial charge in [-0.3, -0.25) is 14.2 Å². The smallest absolute Gasteiger partial charge is 0.272 e. The molecule has 0 aliphatic carbocycles. The molecular formula is C15H17Cl2N5OS. The van der Waals surface area contributed by atoms with E-state index in [0.29, 0.717) is 12.2 Å². The number of halogens is 2. The van der Waals surface area contributed by atoms with E-state index < -0.39 is 0 Å². The fourth-order valence-corrected chi connectivity index (χ4v) is 3.67. The van der Waals surface area contributed by atoms with Gasteiger partial charge in [-0.05, 0) is 11.6 Å². The van der Waals surface area contributed by atoms with Crippen LogP contribution in [-0.2, 0) is 0 Å². The van der Waals surface area contributed by atoms with Crippen LogP contribution in [-0.4, -0.2) is 44.8 Å². The molecule has 3 aromatic heterocycles. The van der Waals surface area contributed by atoms with Crippen LogP contribution in [0.15, 0.2) is 42.4 Å². The minimum absolute atomic E-state index is 0. The zero-order chi connectivity index (χ0) is 14.9. The number of nitrogens with one attached hydrogen (secondary N) is 1. The number of carbonyl (C=O) groups excluding carboxylic acids is 1. The van der Waals surface area contributed by atoms with Gasteiger partial charge in [0.1, 0.15) is 16.9 Å². The third-order valence-electron chi connectivity index (χ3n) is 3.95. The van der Waals surface area contributed by atoms with E-state index in [0.717, 1.165) is 23.5 Å². The molecule has 0 bridgehead atoms. The Bertz CT molecular complexity index is 806. The van der Waals surface area contributed by atoms with Crippen molar-refractivity contribution in [3.05, 3.63) is 53.7 Å². The molecule has 1 aliphatic heterocycles. The van der Waals surface area contributed by atoms with Gasteiger partial charge in [0.15, 0.2) is 0 Å². The molecule has 6 nitrogen and oxygen atoms in total. The largest absolute Gasteiger partial charge is 0.328 e. The maximum atomic E-state index is 13.0. The number of aromatic nitrogens is 3. The number of amides is 1. The zero-order valence-electron chi connectivity index (χ0n) is 12.7. The summed E-state index contributed by atoms with van der Waals surface area (Å²) in [5, 5.41) is 5.26. The van der Waals surface area contributed by atoms with Crippen LogP contribution < -0.4 is 5.32 Å². The zero-order valence-corrected chi connectivity index (χ0v) is 15.1. The number of fused-ring (bicyclic) bond motifs is 1. The van der Waals surface area contributed by atoms with Gasteiger partial charge in [-0.2, -0.15) is 0 Å². The summed E-state index contributed by atoms with van der Waals surface area (Å²) in [4.78, 5) is 24.2. The van der Waals surface area contributed by atoms with Crippen molar-refractivity contribution in [3.8, 4) is 0 Å². The van der Waals surface area contributed by atoms with Crippen LogP contribution in [0.4, 0.5) is 0 Å². The molecule has 1 aliphatic rings. The Morgan fingerprint density at radius 3 is 2.96 bits per heavy atom. The lowest BCUT2D eigenvalue weighted by molar-refractivity contribution is 0.0627. The number of nitrogens with zero attached hydrogens (tertiary/aromatic N) is 4. The van der Waals surface area contributed by atoms with Gasteiger partial charge in [0.25, 0.3) is 5.91 Å². The monoisotopic (exact) mass is 385 g/mol. The summed E-state index contributed by atoms with van der Waals surface area (Å²) in [5.41, 5.74) is 1.73. The van der Waals surface area contributed by atoms with E-state index in [1.165, 1.54) is 11.3 Å². The fraction of sp³-hybridized carbons (Fsp3) is 0.267. The first kappa shape index (κ1) is 18.7. The average Bonchev–Trinajstić information content (AvgIpc) is 3.18. The number of hydrogen-bond donors (Lipinski definition) is 1. The van der Waals surface area contributed by atoms with Crippen molar-refractivity contribution < 1.29 is 4.79 Å². The quantitative estimate of drug-likeness (QED) is 0.735. The number of piperazine rings is 1. The predicted molar refractivity (Wildman–Crippen MR) is 98.4 cm³/mol. The SMILES string of the molecule is Cl.Cl.O=C(c1csc2cncn12)N1CCNCC1c1cccnc1. The van der Waals surface area contributed by atoms with Gasteiger partial charge in [-0.1, -0.05) is 6.07 Å². The van der Waals surface area contributed by atoms with E-state index >= 15 is 0 Å². The maximum Gasteiger partial charge on any atom is 0.272 e. The molecule has 1 unspecified atom stereocenters. The molecule has 1 atom stereocenters. The Hall–Kier alpha value is -1.67. The third-order valence-corrected chi connectivity index (χ3v) is 4.83. The molecule has 0 spiro atoms. The van der Waals surface area contributed by atoms with Gasteiger partial charge in [-0.25, -0.2) is 4.98 Å². The number of imidazole rings is 1. The van der Waals surface area contributed by atoms with Gasteiger partial charge in [-0.15, -0.1) is 36.2 Å². The molecule has 0 aromatic carbocycles. The first-order valence-electron chi connectivity index (χ1n) is 7.16. The summed E-state index contributed by atoms with van der Waals surface area (Å²) >= 11 is 1.53. The second-order valence-corrected chi connectivity index (χ2v) is 6.12. The van der Waals surface area contributed by atoms with Gasteiger partial charge >= 0.3 is 0 Å². The third kappa shape index (κ3) is 3.25. The number of thiazole rings is 1. The molecule has 9 heteroatoms. The van der Waals surface area contributed by atoms with Crippen LogP contribution in [0, 0.1) is 0 Å². The molecule has 1 N–H and O–H groups in total. The molecule has 1 fully saturated rings. The lowest BCUT2D eigenvalue weighted by atomic mass is 10.0. The predicted octanol–water partition coefficient (Wildman–Crippen LogP) is 2.42. The van der Waals surface area contributed by atoms with Crippen molar-refractivity contribution in [1.29, 1.82) is 0 Å². The minimum Gasteiger partial charge on any atom is -0.328 e. The summed E-state index contributed by atoms with van der Waals surface area (Å²) in [5.74, 6) is 0.0413. The molecule has 0 radical (unpaired) electrons. The minimum atomic E-state index is 0. The van der Waals surface area contributed by atoms with E-state index in [1.54, 1.807) is 18.7 Å². The number of rotatable bonds is 2. The highest BCUT2D eigenvalue weighted by Gasteiger charge is 2.30. The topological polar surface area (TPSA) is 62.5 Å². The molecule has 0 saturated carbocycles. The van der Waals surface area contributed by atoms with Crippen molar-refractivity contribution in [2.24, 2.45) is 0 Å². The van der Waals surface area contributed by atoms with Crippen molar-refractivity contribution in [1.82, 2.24) is 24.6 Å². The molecule has 1 amide bonds. The molecule has 4 rings (SSSR count). The van der Waals surface area contributed by atoms with Crippen molar-refractivity contribution >= 4 is 46.9 Å². The molecular weight excluding hydrogens is 369 g/mol. The van der Waals surface area contributed by atoms with Gasteiger partial charge in [0, 0.05) is 37.4 Å². The first-order chi connectivity index (χ1) is 10.8. The van der Waals surface area contributed by atoms with E-state index in [1.807, 2.05) is 33.0 Å². The van der Waals surface area contributed by atoms with Gasteiger partial charge in [0.05, 0.1) is 12.2 Å². The lowest BCUT2D eigenvalue weighted by Crippen LogP contribution is -2.49. The Balaban J connectivity index is 0.00000104. The summed E-state index contributed by atoms with van der Waals surface area (Å²) in [6.45, 7) is 2.23. The van der Waals surface area contributed by atoms with Crippen LogP contribution in [0.3, 0.4) is 0 Å². The van der Waals surface area contributed by atoms with Crippen LogP contribution in [0.25, 0.3) is 4.83 Å². The van der Waals surface area contributed by atoms with E-state index in [4.69, 9.17) is 0 Å². The number of carbonyl (C=O) groups is 1. The fourth-order valence-electron chi connectivity index (χ4n) is 2.84. The number of hydrogen-bond acceptors (Lipinski definition) is 5. The van der Waals surface area contributed by atoms with Crippen molar-refractivity contribution in [2.45, 2.75) is 6.04 Å². The summed E-state index contributed by atoms with van der Waals surface area (Å²) in [6, 6.07) is 3.94. The van der Waals surface area contributed by atoms with Crippen LogP contribution in [0.5, 0.6) is 0 Å². The Labute approximate surface area is 155 Å². The molecule has 24 heavy (non-hydrogen) atoms. The van der Waals surface area contributed by atoms with Crippen molar-refractivity contribution in [2.75, 3.05) is 19.6 Å². The Kier molecular flexibility index (Phi) is 6.17. The van der Waals surface area contributed by atoms with E-state index in [2.05, 4.69) is 15.3 Å². The standard InChI is InChI=1S/C15H15N5OS.2ClH/c21-15(13-9-22-14-8-18-10-20(13)14)19-5-4-17-7-12(19)11-2-1-3-16-6-11;;/h1-3,6,8-10,12,17H,4-5,7H2;2*1H. The van der Waals surface area contributed by atoms with Gasteiger partial charge < -0.3 is 10.2 Å². The van der Waals surface area contributed by atoms with Crippen LogP contribution in [0.2, 0.25) is 0 Å². The molecule has 128 valence electrons. The second-order valence-electron chi connectivity index (χ2n) is 5.23. The average molecular weight is 386 g/mol. The van der Waals surface area contributed by atoms with Crippen LogP contribution in [0.1, 0.15) is 22.1 Å². The maximum absolute atomic E-state index is 13.0. The Morgan fingerprint density at radius 1 is 1.29 bits per heavy atom. The molecule has 3 aromatic rings. The summed E-state index contributed by atoms with van der Waals surface area (Å²) in [6.07, 6.45) is 7.05. The molecule has 4 heterocycles. The normalized spacial score (nSPS) is 17.2. The van der Waals surface area contributed by atoms with E-state index in [-0.39, 0.29) is 36.8 Å². The summed E-state index contributed by atoms with van der Waals surface area (Å²) in [7, 11) is 0. The first-order valence-corrected chi connectivity index (χ1v) is 8.04. The summed E-state index contributed by atoms with van der Waals surface area (Å²) < 4.78 is 1.86. The highest BCUT2D eigenvalue weighted by molar-refractivity contribution is 7.15. The number of pyridine rings is 1. The van der Waals surface area contributed by atoms with Crippen LogP contribution >= 0.6 is 36.2 Å². The van der Waals surface area contributed by atoms with E-state index in [9.17, 15) is 4.79 Å². The molecule has 1 saturated heterocycles. The van der Waals surface area contributed by atoms with Crippen molar-refractivity contribution in [3.63, 3.8) is 0 Å². The highest BCUT2D eigenvalue weighted by atomic mass is 35.5. The highest BCUT2D eigenvalue weighted by Crippen LogP contribution is 2.25.